The fraction of sp³-hybridized carbons (Fsp3) is 0.400. The molecule has 0 fully saturated rings. The van der Waals surface area contributed by atoms with Crippen LogP contribution in [-0.4, -0.2) is 9.55 Å². The van der Waals surface area contributed by atoms with Crippen LogP contribution in [0, 0.1) is 6.33 Å². The van der Waals surface area contributed by atoms with Crippen molar-refractivity contribution in [1.82, 2.24) is 9.55 Å². The molecule has 2 aromatic carbocycles. The fourth-order valence-corrected chi connectivity index (χ4v) is 4.80. The summed E-state index contributed by atoms with van der Waals surface area (Å²) < 4.78 is 4.47. The van der Waals surface area contributed by atoms with E-state index in [9.17, 15) is 0 Å². The maximum Gasteiger partial charge on any atom is 0.271 e. The van der Waals surface area contributed by atoms with Crippen molar-refractivity contribution in [3.8, 4) is 11.4 Å². The molecule has 0 spiro atoms. The maximum absolute atomic E-state index is 4.86. The fourth-order valence-electron chi connectivity index (χ4n) is 4.80. The van der Waals surface area contributed by atoms with Gasteiger partial charge in [0.2, 0.25) is 0 Å². The second kappa shape index (κ2) is 9.13. The minimum absolute atomic E-state index is 0.399. The average molecular weight is 440 g/mol. The molecule has 0 N–H and O–H groups in total. The van der Waals surface area contributed by atoms with Gasteiger partial charge >= 0.3 is 0 Å². The van der Waals surface area contributed by atoms with E-state index in [2.05, 4.69) is 113 Å². The number of aromatic nitrogens is 3. The van der Waals surface area contributed by atoms with Gasteiger partial charge in [-0.1, -0.05) is 91.8 Å². The Kier molecular flexibility index (Phi) is 6.43. The first-order valence-electron chi connectivity index (χ1n) is 12.3. The van der Waals surface area contributed by atoms with Gasteiger partial charge in [-0.3, -0.25) is 14.1 Å². The lowest BCUT2D eigenvalue weighted by molar-refractivity contribution is -0.573. The quantitative estimate of drug-likeness (QED) is 0.224. The monoisotopic (exact) mass is 439 g/mol. The summed E-state index contributed by atoms with van der Waals surface area (Å²) in [5, 5.41) is 0. The van der Waals surface area contributed by atoms with Gasteiger partial charge < -0.3 is 0 Å². The van der Waals surface area contributed by atoms with Crippen molar-refractivity contribution in [2.45, 2.75) is 79.1 Å². The highest BCUT2D eigenvalue weighted by molar-refractivity contribution is 5.72. The van der Waals surface area contributed by atoms with Crippen molar-refractivity contribution in [2.24, 2.45) is 0 Å². The molecular formula is C30H37N3. The van der Waals surface area contributed by atoms with Crippen molar-refractivity contribution in [3.05, 3.63) is 83.3 Å². The second-order valence-electron chi connectivity index (χ2n) is 10.3. The Balaban J connectivity index is 2.14. The summed E-state index contributed by atoms with van der Waals surface area (Å²) in [7, 11) is 0. The lowest BCUT2D eigenvalue weighted by Crippen LogP contribution is -2.33. The van der Waals surface area contributed by atoms with Gasteiger partial charge in [-0.15, -0.1) is 0 Å². The highest BCUT2D eigenvalue weighted by Gasteiger charge is 2.23. The van der Waals surface area contributed by atoms with Gasteiger partial charge in [0.05, 0.1) is 11.4 Å². The van der Waals surface area contributed by atoms with E-state index in [1.165, 1.54) is 33.6 Å². The van der Waals surface area contributed by atoms with Crippen LogP contribution in [-0.2, 0) is 0 Å². The molecule has 4 rings (SSSR count). The Morgan fingerprint density at radius 1 is 0.667 bits per heavy atom. The van der Waals surface area contributed by atoms with Crippen LogP contribution < -0.4 is 4.57 Å². The van der Waals surface area contributed by atoms with Gasteiger partial charge in [0.15, 0.2) is 5.65 Å². The Morgan fingerprint density at radius 2 is 1.15 bits per heavy atom. The normalized spacial score (nSPS) is 12.1. The molecule has 2 aromatic heterocycles. The molecule has 0 saturated heterocycles. The molecule has 33 heavy (non-hydrogen) atoms. The summed E-state index contributed by atoms with van der Waals surface area (Å²) in [5.74, 6) is 1.61. The van der Waals surface area contributed by atoms with Crippen LogP contribution in [0.2, 0.25) is 0 Å². The van der Waals surface area contributed by atoms with Gasteiger partial charge in [-0.2, -0.15) is 0 Å². The topological polar surface area (TPSA) is 21.7 Å². The van der Waals surface area contributed by atoms with Crippen LogP contribution in [0.3, 0.4) is 0 Å². The number of rotatable bonds is 6. The summed E-state index contributed by atoms with van der Waals surface area (Å²) in [6, 6.07) is 17.6. The summed E-state index contributed by atoms with van der Waals surface area (Å²) in [5.41, 5.74) is 9.83. The van der Waals surface area contributed by atoms with E-state index in [0.29, 0.717) is 23.7 Å². The van der Waals surface area contributed by atoms with Crippen molar-refractivity contribution < 1.29 is 4.57 Å². The maximum atomic E-state index is 4.86. The number of imidazole rings is 1. The highest BCUT2D eigenvalue weighted by atomic mass is 15.2. The molecule has 4 aromatic rings. The molecular weight excluding hydrogens is 402 g/mol. The zero-order valence-corrected chi connectivity index (χ0v) is 21.3. The third-order valence-corrected chi connectivity index (χ3v) is 6.55. The number of pyridine rings is 1. The van der Waals surface area contributed by atoms with E-state index in [4.69, 9.17) is 4.98 Å². The molecule has 0 aliphatic carbocycles. The molecule has 0 aliphatic heterocycles. The lowest BCUT2D eigenvalue weighted by atomic mass is 9.92. The summed E-state index contributed by atoms with van der Waals surface area (Å²) >= 11 is 0. The largest absolute Gasteiger partial charge is 0.290 e. The SMILES string of the molecule is CC(C)c1cccc(C(C)C)c1-n1[c-][n+](-c2c(C(C)C)cccc2C(C)C)c2cccnc21. The molecule has 0 radical (unpaired) electrons. The second-order valence-corrected chi connectivity index (χ2v) is 10.3. The van der Waals surface area contributed by atoms with Crippen LogP contribution in [0.25, 0.3) is 22.5 Å². The van der Waals surface area contributed by atoms with Gasteiger partial charge in [-0.05, 0) is 58.1 Å². The Morgan fingerprint density at radius 3 is 1.64 bits per heavy atom. The molecule has 0 amide bonds. The average Bonchev–Trinajstić information content (AvgIpc) is 3.16. The summed E-state index contributed by atoms with van der Waals surface area (Å²) in [4.78, 5) is 4.86. The molecule has 0 unspecified atom stereocenters. The highest BCUT2D eigenvalue weighted by Crippen LogP contribution is 2.34. The molecule has 0 aliphatic rings. The molecule has 2 heterocycles. The van der Waals surface area contributed by atoms with E-state index in [0.717, 1.165) is 11.2 Å². The van der Waals surface area contributed by atoms with Crippen molar-refractivity contribution >= 4 is 11.2 Å². The first kappa shape index (κ1) is 23.2. The van der Waals surface area contributed by atoms with Crippen LogP contribution in [0.5, 0.6) is 0 Å². The van der Waals surface area contributed by atoms with Gasteiger partial charge in [0.25, 0.3) is 6.33 Å². The lowest BCUT2D eigenvalue weighted by Gasteiger charge is -2.21. The van der Waals surface area contributed by atoms with E-state index >= 15 is 0 Å². The van der Waals surface area contributed by atoms with Gasteiger partial charge in [-0.25, -0.2) is 0 Å². The molecule has 0 atom stereocenters. The minimum atomic E-state index is 0.399. The van der Waals surface area contributed by atoms with Crippen LogP contribution in [0.15, 0.2) is 54.7 Å². The molecule has 3 heteroatoms. The molecule has 3 nitrogen and oxygen atoms in total. The molecule has 0 saturated carbocycles. The number of benzene rings is 2. The van der Waals surface area contributed by atoms with Crippen LogP contribution in [0.4, 0.5) is 0 Å². The van der Waals surface area contributed by atoms with Crippen LogP contribution in [0.1, 0.15) is 101 Å². The predicted molar refractivity (Wildman–Crippen MR) is 138 cm³/mol. The van der Waals surface area contributed by atoms with E-state index < -0.39 is 0 Å². The smallest absolute Gasteiger partial charge is 0.271 e. The minimum Gasteiger partial charge on any atom is -0.290 e. The first-order chi connectivity index (χ1) is 15.7. The zero-order valence-electron chi connectivity index (χ0n) is 21.3. The number of hydrogen-bond donors (Lipinski definition) is 0. The Labute approximate surface area is 199 Å². The number of nitrogens with zero attached hydrogens (tertiary/aromatic N) is 3. The van der Waals surface area contributed by atoms with Crippen molar-refractivity contribution in [3.63, 3.8) is 0 Å². The van der Waals surface area contributed by atoms with Crippen LogP contribution >= 0.6 is 0 Å². The molecule has 0 bridgehead atoms. The molecule has 172 valence electrons. The standard InChI is InChI=1S/C30H37N3/c1-19(2)23-12-9-13-24(20(3)4)28(23)32-18-33(30-27(32)16-11-17-31-30)29-25(21(5)6)14-10-15-26(29)22(7)8/h9-17,19-22H,1-8H3. The van der Waals surface area contributed by atoms with Crippen molar-refractivity contribution in [1.29, 1.82) is 0 Å². The number of hydrogen-bond acceptors (Lipinski definition) is 1. The third-order valence-electron chi connectivity index (χ3n) is 6.55. The van der Waals surface area contributed by atoms with Gasteiger partial charge in [0, 0.05) is 6.20 Å². The first-order valence-corrected chi connectivity index (χ1v) is 12.3. The zero-order chi connectivity index (χ0) is 23.9. The van der Waals surface area contributed by atoms with Crippen molar-refractivity contribution in [2.75, 3.05) is 0 Å². The number of para-hydroxylation sites is 2. The Bertz CT molecular complexity index is 1130. The van der Waals surface area contributed by atoms with E-state index in [1.54, 1.807) is 0 Å². The number of fused-ring (bicyclic) bond motifs is 1. The Hall–Kier alpha value is -2.94. The summed E-state index contributed by atoms with van der Waals surface area (Å²) in [6.45, 7) is 18.1. The van der Waals surface area contributed by atoms with Gasteiger partial charge in [0.1, 0.15) is 5.52 Å². The summed E-state index contributed by atoms with van der Waals surface area (Å²) in [6.07, 6.45) is 5.66. The van der Waals surface area contributed by atoms with E-state index in [-0.39, 0.29) is 0 Å². The third kappa shape index (κ3) is 4.10. The predicted octanol–water partition coefficient (Wildman–Crippen LogP) is 7.60. The van der Waals surface area contributed by atoms with E-state index in [1.807, 2.05) is 12.3 Å².